The molecule has 0 aliphatic heterocycles. The molecule has 1 aliphatic rings. The van der Waals surface area contributed by atoms with Crippen LogP contribution in [0.4, 0.5) is 0 Å². The zero-order valence-electron chi connectivity index (χ0n) is 9.45. The summed E-state index contributed by atoms with van der Waals surface area (Å²) >= 11 is 7.39. The van der Waals surface area contributed by atoms with E-state index in [-0.39, 0.29) is 0 Å². The van der Waals surface area contributed by atoms with Gasteiger partial charge in [0.15, 0.2) is 0 Å². The van der Waals surface area contributed by atoms with E-state index in [0.717, 1.165) is 23.7 Å². The molecule has 0 N–H and O–H groups in total. The Labute approximate surface area is 106 Å². The summed E-state index contributed by atoms with van der Waals surface area (Å²) in [6, 6.07) is 0. The summed E-state index contributed by atoms with van der Waals surface area (Å²) in [6.07, 6.45) is 7.96. The lowest BCUT2D eigenvalue weighted by Gasteiger charge is -2.21. The monoisotopic (exact) mass is 259 g/mol. The van der Waals surface area contributed by atoms with Crippen molar-refractivity contribution in [2.24, 2.45) is 0 Å². The van der Waals surface area contributed by atoms with E-state index < -0.39 is 0 Å². The number of halogens is 1. The molecule has 0 unspecified atom stereocenters. The van der Waals surface area contributed by atoms with E-state index in [2.05, 4.69) is 4.98 Å². The van der Waals surface area contributed by atoms with Crippen molar-refractivity contribution in [1.29, 1.82) is 0 Å². The number of ether oxygens (including phenoxy) is 1. The Morgan fingerprint density at radius 3 is 2.88 bits per heavy atom. The van der Waals surface area contributed by atoms with Crippen LogP contribution in [0.2, 0.25) is 0 Å². The van der Waals surface area contributed by atoms with Crippen LogP contribution >= 0.6 is 22.9 Å². The molecular formula is C12H18ClNOS. The van der Waals surface area contributed by atoms with Crippen LogP contribution in [-0.2, 0) is 17.0 Å². The molecule has 1 aromatic rings. The molecule has 0 amide bonds. The highest BCUT2D eigenvalue weighted by Gasteiger charge is 2.13. The minimum Gasteiger partial charge on any atom is -0.378 e. The van der Waals surface area contributed by atoms with Gasteiger partial charge in [0.1, 0.15) is 0 Å². The lowest BCUT2D eigenvalue weighted by Crippen LogP contribution is -2.17. The van der Waals surface area contributed by atoms with Gasteiger partial charge in [0.05, 0.1) is 29.3 Å². The van der Waals surface area contributed by atoms with Crippen molar-refractivity contribution in [1.82, 2.24) is 4.98 Å². The zero-order valence-corrected chi connectivity index (χ0v) is 11.0. The Hall–Kier alpha value is -0.120. The van der Waals surface area contributed by atoms with Crippen molar-refractivity contribution in [2.45, 2.75) is 50.5 Å². The lowest BCUT2D eigenvalue weighted by atomic mass is 9.98. The normalized spacial score (nSPS) is 17.8. The van der Waals surface area contributed by atoms with E-state index in [1.807, 2.05) is 5.38 Å². The summed E-state index contributed by atoms with van der Waals surface area (Å²) in [6.45, 7) is 0.805. The molecule has 4 heteroatoms. The van der Waals surface area contributed by atoms with Gasteiger partial charge in [0.2, 0.25) is 0 Å². The first kappa shape index (κ1) is 12.3. The van der Waals surface area contributed by atoms with Crippen LogP contribution in [-0.4, -0.2) is 17.7 Å². The van der Waals surface area contributed by atoms with Gasteiger partial charge >= 0.3 is 0 Å². The molecular weight excluding hydrogens is 242 g/mol. The maximum Gasteiger partial charge on any atom is 0.0951 e. The Morgan fingerprint density at radius 1 is 1.38 bits per heavy atom. The molecule has 90 valence electrons. The number of hydrogen-bond donors (Lipinski definition) is 0. The highest BCUT2D eigenvalue weighted by molar-refractivity contribution is 7.09. The van der Waals surface area contributed by atoms with Gasteiger partial charge in [0.25, 0.3) is 0 Å². The average Bonchev–Trinajstić information content (AvgIpc) is 2.78. The van der Waals surface area contributed by atoms with E-state index >= 15 is 0 Å². The second kappa shape index (κ2) is 6.58. The molecule has 1 aromatic heterocycles. The van der Waals surface area contributed by atoms with Crippen LogP contribution in [0.5, 0.6) is 0 Å². The second-order valence-electron chi connectivity index (χ2n) is 4.25. The standard InChI is InChI=1S/C12H18ClNOS/c13-8-10-9-16-12(14-10)6-7-15-11-4-2-1-3-5-11/h9,11H,1-8H2. The largest absolute Gasteiger partial charge is 0.378 e. The predicted octanol–water partition coefficient (Wildman–Crippen LogP) is 3.77. The quantitative estimate of drug-likeness (QED) is 0.751. The van der Waals surface area contributed by atoms with Crippen LogP contribution in [0.3, 0.4) is 0 Å². The Bertz CT molecular complexity index is 310. The minimum absolute atomic E-state index is 0.501. The van der Waals surface area contributed by atoms with Gasteiger partial charge in [-0.05, 0) is 12.8 Å². The molecule has 2 rings (SSSR count). The van der Waals surface area contributed by atoms with Crippen molar-refractivity contribution in [3.63, 3.8) is 0 Å². The van der Waals surface area contributed by atoms with Gasteiger partial charge in [-0.1, -0.05) is 19.3 Å². The van der Waals surface area contributed by atoms with E-state index in [9.17, 15) is 0 Å². The Morgan fingerprint density at radius 2 is 2.19 bits per heavy atom. The van der Waals surface area contributed by atoms with Crippen molar-refractivity contribution >= 4 is 22.9 Å². The van der Waals surface area contributed by atoms with Gasteiger partial charge in [-0.2, -0.15) is 0 Å². The fourth-order valence-electron chi connectivity index (χ4n) is 2.07. The van der Waals surface area contributed by atoms with Gasteiger partial charge in [-0.25, -0.2) is 4.98 Å². The molecule has 0 bridgehead atoms. The molecule has 1 heterocycles. The fraction of sp³-hybridized carbons (Fsp3) is 0.750. The summed E-state index contributed by atoms with van der Waals surface area (Å²) in [7, 11) is 0. The van der Waals surface area contributed by atoms with Gasteiger partial charge < -0.3 is 4.74 Å². The molecule has 0 saturated heterocycles. The highest BCUT2D eigenvalue weighted by Crippen LogP contribution is 2.20. The first-order valence-electron chi connectivity index (χ1n) is 5.99. The lowest BCUT2D eigenvalue weighted by molar-refractivity contribution is 0.0303. The van der Waals surface area contributed by atoms with Crippen LogP contribution in [0, 0.1) is 0 Å². The third kappa shape index (κ3) is 3.72. The number of alkyl halides is 1. The molecule has 1 aliphatic carbocycles. The van der Waals surface area contributed by atoms with Gasteiger partial charge in [-0.3, -0.25) is 0 Å². The van der Waals surface area contributed by atoms with Crippen molar-refractivity contribution < 1.29 is 4.74 Å². The number of thiazole rings is 1. The van der Waals surface area contributed by atoms with Crippen LogP contribution in [0.1, 0.15) is 42.8 Å². The molecule has 0 aromatic carbocycles. The minimum atomic E-state index is 0.501. The molecule has 1 fully saturated rings. The van der Waals surface area contributed by atoms with Crippen molar-refractivity contribution in [3.8, 4) is 0 Å². The van der Waals surface area contributed by atoms with Crippen molar-refractivity contribution in [2.75, 3.05) is 6.61 Å². The predicted molar refractivity (Wildman–Crippen MR) is 68.2 cm³/mol. The summed E-state index contributed by atoms with van der Waals surface area (Å²) in [5.41, 5.74) is 0.985. The Kier molecular flexibility index (Phi) is 5.07. The zero-order chi connectivity index (χ0) is 11.2. The number of aromatic nitrogens is 1. The average molecular weight is 260 g/mol. The van der Waals surface area contributed by atoms with Crippen molar-refractivity contribution in [3.05, 3.63) is 16.1 Å². The third-order valence-corrected chi connectivity index (χ3v) is 4.19. The molecule has 1 saturated carbocycles. The van der Waals surface area contributed by atoms with Gasteiger partial charge in [0, 0.05) is 11.8 Å². The number of nitrogens with zero attached hydrogens (tertiary/aromatic N) is 1. The molecule has 0 radical (unpaired) electrons. The topological polar surface area (TPSA) is 22.1 Å². The molecule has 0 spiro atoms. The summed E-state index contributed by atoms with van der Waals surface area (Å²) in [5, 5.41) is 3.18. The molecule has 0 atom stereocenters. The summed E-state index contributed by atoms with van der Waals surface area (Å²) < 4.78 is 5.86. The number of hydrogen-bond acceptors (Lipinski definition) is 3. The molecule has 16 heavy (non-hydrogen) atoms. The maximum absolute atomic E-state index is 5.86. The Balaban J connectivity index is 1.66. The molecule has 2 nitrogen and oxygen atoms in total. The summed E-state index contributed by atoms with van der Waals surface area (Å²) in [5.74, 6) is 0.514. The van der Waals surface area contributed by atoms with Crippen LogP contribution in [0.25, 0.3) is 0 Å². The summed E-state index contributed by atoms with van der Waals surface area (Å²) in [4.78, 5) is 4.42. The first-order valence-corrected chi connectivity index (χ1v) is 7.41. The van der Waals surface area contributed by atoms with E-state index in [4.69, 9.17) is 16.3 Å². The SMILES string of the molecule is ClCc1csc(CCOC2CCCCC2)n1. The smallest absolute Gasteiger partial charge is 0.0951 e. The first-order chi connectivity index (χ1) is 7.88. The third-order valence-electron chi connectivity index (χ3n) is 2.96. The van der Waals surface area contributed by atoms with Crippen LogP contribution in [0.15, 0.2) is 5.38 Å². The van der Waals surface area contributed by atoms with Crippen LogP contribution < -0.4 is 0 Å². The van der Waals surface area contributed by atoms with E-state index in [1.54, 1.807) is 11.3 Å². The fourth-order valence-corrected chi connectivity index (χ4v) is 3.08. The van der Waals surface area contributed by atoms with E-state index in [1.165, 1.54) is 32.1 Å². The van der Waals surface area contributed by atoms with Gasteiger partial charge in [-0.15, -0.1) is 22.9 Å². The maximum atomic E-state index is 5.86. The highest BCUT2D eigenvalue weighted by atomic mass is 35.5. The second-order valence-corrected chi connectivity index (χ2v) is 5.46. The van der Waals surface area contributed by atoms with E-state index in [0.29, 0.717) is 12.0 Å². The number of rotatable bonds is 5.